The molecule has 1 nitrogen and oxygen atoms in total. The number of hydrogen-bond acceptors (Lipinski definition) is 1. The number of halogens is 3. The van der Waals surface area contributed by atoms with E-state index in [1.165, 1.54) is 0 Å². The van der Waals surface area contributed by atoms with Crippen LogP contribution in [0.3, 0.4) is 0 Å². The van der Waals surface area contributed by atoms with Crippen molar-refractivity contribution in [3.8, 4) is 16.9 Å². The molecule has 0 saturated carbocycles. The smallest absolute Gasteiger partial charge is 0.124 e. The Kier molecular flexibility index (Phi) is 3.29. The maximum absolute atomic E-state index is 9.77. The SMILES string of the molecule is Oc1cccc(Cl)c1-c1cccc(Cl)c1Cl. The van der Waals surface area contributed by atoms with E-state index in [0.717, 1.165) is 0 Å². The zero-order chi connectivity index (χ0) is 11.7. The maximum atomic E-state index is 9.77. The van der Waals surface area contributed by atoms with Gasteiger partial charge in [-0.15, -0.1) is 0 Å². The van der Waals surface area contributed by atoms with Gasteiger partial charge in [0, 0.05) is 11.1 Å². The van der Waals surface area contributed by atoms with E-state index in [1.807, 2.05) is 0 Å². The zero-order valence-corrected chi connectivity index (χ0v) is 10.3. The average Bonchev–Trinajstić information content (AvgIpc) is 2.24. The molecule has 0 spiro atoms. The first-order valence-electron chi connectivity index (χ1n) is 4.53. The van der Waals surface area contributed by atoms with E-state index in [1.54, 1.807) is 36.4 Å². The van der Waals surface area contributed by atoms with Crippen LogP contribution in [-0.4, -0.2) is 5.11 Å². The first-order chi connectivity index (χ1) is 7.61. The molecular weight excluding hydrogens is 266 g/mol. The molecule has 0 amide bonds. The van der Waals surface area contributed by atoms with Crippen LogP contribution in [0.15, 0.2) is 36.4 Å². The summed E-state index contributed by atoms with van der Waals surface area (Å²) in [5.41, 5.74) is 1.12. The molecule has 0 atom stereocenters. The molecule has 2 rings (SSSR count). The second-order valence-electron chi connectivity index (χ2n) is 3.24. The zero-order valence-electron chi connectivity index (χ0n) is 8.05. The molecule has 0 fully saturated rings. The molecule has 0 bridgehead atoms. The molecular formula is C12H7Cl3O. The highest BCUT2D eigenvalue weighted by molar-refractivity contribution is 6.44. The minimum Gasteiger partial charge on any atom is -0.507 e. The molecule has 0 aliphatic rings. The second-order valence-corrected chi connectivity index (χ2v) is 4.43. The van der Waals surface area contributed by atoms with Gasteiger partial charge in [0.05, 0.1) is 15.1 Å². The van der Waals surface area contributed by atoms with Gasteiger partial charge in [-0.2, -0.15) is 0 Å². The fourth-order valence-electron chi connectivity index (χ4n) is 1.48. The predicted molar refractivity (Wildman–Crippen MR) is 68.6 cm³/mol. The van der Waals surface area contributed by atoms with Crippen molar-refractivity contribution < 1.29 is 5.11 Å². The lowest BCUT2D eigenvalue weighted by atomic mass is 10.0. The number of hydrogen-bond donors (Lipinski definition) is 1. The van der Waals surface area contributed by atoms with E-state index in [-0.39, 0.29) is 5.75 Å². The molecule has 0 radical (unpaired) electrons. The summed E-state index contributed by atoms with van der Waals surface area (Å²) < 4.78 is 0. The van der Waals surface area contributed by atoms with E-state index in [0.29, 0.717) is 26.2 Å². The Bertz CT molecular complexity index is 518. The van der Waals surface area contributed by atoms with Crippen molar-refractivity contribution in [3.63, 3.8) is 0 Å². The van der Waals surface area contributed by atoms with Crippen LogP contribution < -0.4 is 0 Å². The average molecular weight is 274 g/mol. The summed E-state index contributed by atoms with van der Waals surface area (Å²) in [6.45, 7) is 0. The Labute approximate surface area is 108 Å². The van der Waals surface area contributed by atoms with Crippen LogP contribution in [0.2, 0.25) is 15.1 Å². The molecule has 0 saturated heterocycles. The van der Waals surface area contributed by atoms with Gasteiger partial charge < -0.3 is 5.11 Å². The maximum Gasteiger partial charge on any atom is 0.124 e. The minimum atomic E-state index is 0.0802. The molecule has 16 heavy (non-hydrogen) atoms. The van der Waals surface area contributed by atoms with Crippen molar-refractivity contribution >= 4 is 34.8 Å². The summed E-state index contributed by atoms with van der Waals surface area (Å²) in [5.74, 6) is 0.0802. The lowest BCUT2D eigenvalue weighted by Crippen LogP contribution is -1.83. The Morgan fingerprint density at radius 2 is 1.44 bits per heavy atom. The summed E-state index contributed by atoms with van der Waals surface area (Å²) in [7, 11) is 0. The molecule has 2 aromatic rings. The van der Waals surface area contributed by atoms with Gasteiger partial charge in [-0.25, -0.2) is 0 Å². The van der Waals surface area contributed by atoms with Crippen LogP contribution >= 0.6 is 34.8 Å². The quantitative estimate of drug-likeness (QED) is 0.773. The highest BCUT2D eigenvalue weighted by Gasteiger charge is 2.13. The fraction of sp³-hybridized carbons (Fsp3) is 0. The van der Waals surface area contributed by atoms with E-state index < -0.39 is 0 Å². The predicted octanol–water partition coefficient (Wildman–Crippen LogP) is 5.02. The van der Waals surface area contributed by atoms with E-state index in [2.05, 4.69) is 0 Å². The van der Waals surface area contributed by atoms with Crippen molar-refractivity contribution in [2.24, 2.45) is 0 Å². The molecule has 0 aliphatic carbocycles. The van der Waals surface area contributed by atoms with Crippen molar-refractivity contribution in [1.82, 2.24) is 0 Å². The summed E-state index contributed by atoms with van der Waals surface area (Å²) in [4.78, 5) is 0. The Balaban J connectivity index is 2.73. The van der Waals surface area contributed by atoms with Crippen LogP contribution in [0.4, 0.5) is 0 Å². The summed E-state index contributed by atoms with van der Waals surface area (Å²) in [6, 6.07) is 10.1. The Hall–Kier alpha value is -0.890. The molecule has 0 unspecified atom stereocenters. The van der Waals surface area contributed by atoms with E-state index in [4.69, 9.17) is 34.8 Å². The Morgan fingerprint density at radius 1 is 0.812 bits per heavy atom. The number of aromatic hydroxyl groups is 1. The van der Waals surface area contributed by atoms with Gasteiger partial charge in [-0.05, 0) is 18.2 Å². The molecule has 0 aromatic heterocycles. The van der Waals surface area contributed by atoms with Crippen LogP contribution in [0.25, 0.3) is 11.1 Å². The standard InChI is InChI=1S/C12H7Cl3O/c13-8-4-2-6-10(16)11(8)7-3-1-5-9(14)12(7)15/h1-6,16H. The fourth-order valence-corrected chi connectivity index (χ4v) is 2.14. The Morgan fingerprint density at radius 3 is 2.12 bits per heavy atom. The largest absolute Gasteiger partial charge is 0.507 e. The van der Waals surface area contributed by atoms with Gasteiger partial charge in [0.15, 0.2) is 0 Å². The van der Waals surface area contributed by atoms with Gasteiger partial charge in [-0.1, -0.05) is 53.0 Å². The van der Waals surface area contributed by atoms with Gasteiger partial charge in [-0.3, -0.25) is 0 Å². The third-order valence-corrected chi connectivity index (χ3v) is 3.35. The van der Waals surface area contributed by atoms with E-state index in [9.17, 15) is 5.11 Å². The van der Waals surface area contributed by atoms with Crippen LogP contribution in [0.5, 0.6) is 5.75 Å². The molecule has 0 aliphatic heterocycles. The van der Waals surface area contributed by atoms with Crippen LogP contribution in [-0.2, 0) is 0 Å². The normalized spacial score (nSPS) is 10.4. The minimum absolute atomic E-state index is 0.0802. The number of phenolic OH excluding ortho intramolecular Hbond substituents is 1. The lowest BCUT2D eigenvalue weighted by molar-refractivity contribution is 0.477. The first-order valence-corrected chi connectivity index (χ1v) is 5.66. The summed E-state index contributed by atoms with van der Waals surface area (Å²) >= 11 is 18.0. The first kappa shape index (κ1) is 11.6. The second kappa shape index (κ2) is 4.54. The highest BCUT2D eigenvalue weighted by atomic mass is 35.5. The summed E-state index contributed by atoms with van der Waals surface area (Å²) in [6.07, 6.45) is 0. The van der Waals surface area contributed by atoms with Crippen molar-refractivity contribution in [3.05, 3.63) is 51.5 Å². The molecule has 82 valence electrons. The topological polar surface area (TPSA) is 20.2 Å². The highest BCUT2D eigenvalue weighted by Crippen LogP contribution is 2.41. The number of rotatable bonds is 1. The van der Waals surface area contributed by atoms with Crippen LogP contribution in [0.1, 0.15) is 0 Å². The van der Waals surface area contributed by atoms with Gasteiger partial charge in [0.2, 0.25) is 0 Å². The number of benzene rings is 2. The monoisotopic (exact) mass is 272 g/mol. The molecule has 1 N–H and O–H groups in total. The van der Waals surface area contributed by atoms with E-state index >= 15 is 0 Å². The van der Waals surface area contributed by atoms with Crippen molar-refractivity contribution in [2.75, 3.05) is 0 Å². The van der Waals surface area contributed by atoms with Crippen LogP contribution in [0, 0.1) is 0 Å². The lowest BCUT2D eigenvalue weighted by Gasteiger charge is -2.09. The van der Waals surface area contributed by atoms with Gasteiger partial charge in [0.1, 0.15) is 5.75 Å². The number of phenols is 1. The molecule has 2 aromatic carbocycles. The van der Waals surface area contributed by atoms with Gasteiger partial charge in [0.25, 0.3) is 0 Å². The molecule has 4 heteroatoms. The van der Waals surface area contributed by atoms with Gasteiger partial charge >= 0.3 is 0 Å². The van der Waals surface area contributed by atoms with Crippen molar-refractivity contribution in [2.45, 2.75) is 0 Å². The third kappa shape index (κ3) is 1.99. The molecule has 0 heterocycles. The third-order valence-electron chi connectivity index (χ3n) is 2.21. The summed E-state index contributed by atoms with van der Waals surface area (Å²) in [5, 5.41) is 11.0. The van der Waals surface area contributed by atoms with Crippen molar-refractivity contribution in [1.29, 1.82) is 0 Å².